The van der Waals surface area contributed by atoms with Crippen LogP contribution in [0, 0.1) is 5.92 Å². The second-order valence-electron chi connectivity index (χ2n) is 6.51. The van der Waals surface area contributed by atoms with Gasteiger partial charge in [0.25, 0.3) is 0 Å². The molecule has 2 heterocycles. The molecule has 1 fully saturated rings. The van der Waals surface area contributed by atoms with Crippen LogP contribution in [0.15, 0.2) is 36.7 Å². The summed E-state index contributed by atoms with van der Waals surface area (Å²) in [5.41, 5.74) is 2.06. The normalized spacial score (nSPS) is 17.2. The number of ether oxygens (including phenoxy) is 1. The molecule has 3 rings (SSSR count). The first kappa shape index (κ1) is 18.0. The lowest BCUT2D eigenvalue weighted by Gasteiger charge is -2.32. The molecular weight excluding hydrogens is 332 g/mol. The SMILES string of the molecule is COc1cccc(CN2CC(C(=O)NCCc3cn[nH]c3)CCC2=O)c1. The smallest absolute Gasteiger partial charge is 0.224 e. The minimum atomic E-state index is -0.164. The van der Waals surface area contributed by atoms with Crippen molar-refractivity contribution in [3.8, 4) is 5.75 Å². The van der Waals surface area contributed by atoms with E-state index in [1.807, 2.05) is 30.5 Å². The van der Waals surface area contributed by atoms with Gasteiger partial charge in [-0.25, -0.2) is 0 Å². The monoisotopic (exact) mass is 356 g/mol. The maximum Gasteiger partial charge on any atom is 0.224 e. The Balaban J connectivity index is 1.53. The summed E-state index contributed by atoms with van der Waals surface area (Å²) < 4.78 is 5.23. The molecule has 0 spiro atoms. The van der Waals surface area contributed by atoms with Crippen LogP contribution < -0.4 is 10.1 Å². The molecule has 1 aromatic carbocycles. The van der Waals surface area contributed by atoms with Crippen molar-refractivity contribution in [2.24, 2.45) is 5.92 Å². The van der Waals surface area contributed by atoms with E-state index >= 15 is 0 Å². The molecule has 1 aromatic heterocycles. The lowest BCUT2D eigenvalue weighted by atomic mass is 9.96. The summed E-state index contributed by atoms with van der Waals surface area (Å²) in [6.07, 6.45) is 5.32. The Hall–Kier alpha value is -2.83. The largest absolute Gasteiger partial charge is 0.497 e. The van der Waals surface area contributed by atoms with Gasteiger partial charge in [-0.3, -0.25) is 14.7 Å². The number of likely N-dealkylation sites (tertiary alicyclic amines) is 1. The molecule has 1 aliphatic heterocycles. The number of aromatic amines is 1. The van der Waals surface area contributed by atoms with Crippen LogP contribution in [-0.4, -0.2) is 47.1 Å². The summed E-state index contributed by atoms with van der Waals surface area (Å²) in [4.78, 5) is 26.4. The summed E-state index contributed by atoms with van der Waals surface area (Å²) in [7, 11) is 1.62. The van der Waals surface area contributed by atoms with Gasteiger partial charge in [-0.1, -0.05) is 12.1 Å². The van der Waals surface area contributed by atoms with Crippen LogP contribution in [0.2, 0.25) is 0 Å². The zero-order chi connectivity index (χ0) is 18.4. The van der Waals surface area contributed by atoms with E-state index in [4.69, 9.17) is 4.74 Å². The third-order valence-corrected chi connectivity index (χ3v) is 4.65. The highest BCUT2D eigenvalue weighted by Gasteiger charge is 2.30. The van der Waals surface area contributed by atoms with Crippen LogP contribution in [0.5, 0.6) is 5.75 Å². The van der Waals surface area contributed by atoms with E-state index in [2.05, 4.69) is 15.5 Å². The van der Waals surface area contributed by atoms with Crippen molar-refractivity contribution in [1.82, 2.24) is 20.4 Å². The van der Waals surface area contributed by atoms with Crippen LogP contribution in [0.4, 0.5) is 0 Å². The van der Waals surface area contributed by atoms with Gasteiger partial charge in [0.1, 0.15) is 5.75 Å². The molecule has 0 aliphatic carbocycles. The Labute approximate surface area is 152 Å². The Kier molecular flexibility index (Phi) is 5.88. The quantitative estimate of drug-likeness (QED) is 0.787. The maximum atomic E-state index is 12.4. The van der Waals surface area contributed by atoms with Gasteiger partial charge in [-0.05, 0) is 36.1 Å². The Morgan fingerprint density at radius 2 is 2.31 bits per heavy atom. The van der Waals surface area contributed by atoms with E-state index in [1.165, 1.54) is 0 Å². The molecule has 7 heteroatoms. The van der Waals surface area contributed by atoms with Gasteiger partial charge in [-0.15, -0.1) is 0 Å². The van der Waals surface area contributed by atoms with Crippen molar-refractivity contribution < 1.29 is 14.3 Å². The van der Waals surface area contributed by atoms with Crippen molar-refractivity contribution in [3.63, 3.8) is 0 Å². The number of rotatable bonds is 7. The van der Waals surface area contributed by atoms with Gasteiger partial charge in [0, 0.05) is 32.3 Å². The average Bonchev–Trinajstić information content (AvgIpc) is 3.17. The number of hydrogen-bond donors (Lipinski definition) is 2. The lowest BCUT2D eigenvalue weighted by Crippen LogP contribution is -2.45. The average molecular weight is 356 g/mol. The molecule has 1 aliphatic rings. The molecule has 26 heavy (non-hydrogen) atoms. The summed E-state index contributed by atoms with van der Waals surface area (Å²) in [6, 6.07) is 7.66. The number of nitrogens with one attached hydrogen (secondary N) is 2. The first-order valence-electron chi connectivity index (χ1n) is 8.82. The molecule has 2 N–H and O–H groups in total. The number of piperidine rings is 1. The molecule has 0 bridgehead atoms. The van der Waals surface area contributed by atoms with Gasteiger partial charge < -0.3 is 15.0 Å². The van der Waals surface area contributed by atoms with Crippen molar-refractivity contribution in [3.05, 3.63) is 47.8 Å². The van der Waals surface area contributed by atoms with E-state index in [1.54, 1.807) is 18.2 Å². The summed E-state index contributed by atoms with van der Waals surface area (Å²) in [6.45, 7) is 1.51. The van der Waals surface area contributed by atoms with Crippen molar-refractivity contribution in [2.75, 3.05) is 20.2 Å². The number of aromatic nitrogens is 2. The third kappa shape index (κ3) is 4.62. The first-order chi connectivity index (χ1) is 12.7. The summed E-state index contributed by atoms with van der Waals surface area (Å²) >= 11 is 0. The van der Waals surface area contributed by atoms with Gasteiger partial charge in [-0.2, -0.15) is 5.10 Å². The molecule has 7 nitrogen and oxygen atoms in total. The van der Waals surface area contributed by atoms with Crippen molar-refractivity contribution >= 4 is 11.8 Å². The minimum Gasteiger partial charge on any atom is -0.497 e. The standard InChI is InChI=1S/C19H24N4O3/c1-26-17-4-2-3-14(9-17)12-23-13-16(5-6-18(23)24)19(25)20-8-7-15-10-21-22-11-15/h2-4,9-11,16H,5-8,12-13H2,1H3,(H,20,25)(H,21,22). The molecule has 2 amide bonds. The Morgan fingerprint density at radius 3 is 3.08 bits per heavy atom. The predicted molar refractivity (Wildman–Crippen MR) is 96.4 cm³/mol. The highest BCUT2D eigenvalue weighted by Crippen LogP contribution is 2.21. The minimum absolute atomic E-state index is 0.0108. The highest BCUT2D eigenvalue weighted by molar-refractivity contribution is 5.83. The van der Waals surface area contributed by atoms with Gasteiger partial charge in [0.2, 0.25) is 11.8 Å². The molecule has 1 saturated heterocycles. The molecular formula is C19H24N4O3. The molecule has 0 saturated carbocycles. The fraction of sp³-hybridized carbons (Fsp3) is 0.421. The van der Waals surface area contributed by atoms with Crippen molar-refractivity contribution in [1.29, 1.82) is 0 Å². The second-order valence-corrected chi connectivity index (χ2v) is 6.51. The molecule has 138 valence electrons. The van der Waals surface area contributed by atoms with Gasteiger partial charge in [0.15, 0.2) is 0 Å². The van der Waals surface area contributed by atoms with Crippen LogP contribution in [0.3, 0.4) is 0 Å². The number of methoxy groups -OCH3 is 1. The predicted octanol–water partition coefficient (Wildman–Crippen LogP) is 1.52. The van der Waals surface area contributed by atoms with Crippen LogP contribution in [0.25, 0.3) is 0 Å². The number of hydrogen-bond acceptors (Lipinski definition) is 4. The number of carbonyl (C=O) groups excluding carboxylic acids is 2. The molecule has 1 unspecified atom stereocenters. The van der Waals surface area contributed by atoms with Gasteiger partial charge in [0.05, 0.1) is 19.2 Å². The zero-order valence-corrected chi connectivity index (χ0v) is 14.9. The van der Waals surface area contributed by atoms with E-state index in [0.717, 1.165) is 23.3 Å². The fourth-order valence-electron chi connectivity index (χ4n) is 3.16. The Morgan fingerprint density at radius 1 is 1.42 bits per heavy atom. The summed E-state index contributed by atoms with van der Waals surface area (Å²) in [5, 5.41) is 9.62. The van der Waals surface area contributed by atoms with Crippen LogP contribution in [0.1, 0.15) is 24.0 Å². The van der Waals surface area contributed by atoms with E-state index in [-0.39, 0.29) is 17.7 Å². The molecule has 2 aromatic rings. The number of carbonyl (C=O) groups is 2. The molecule has 0 radical (unpaired) electrons. The number of H-pyrrole nitrogens is 1. The maximum absolute atomic E-state index is 12.4. The molecule has 1 atom stereocenters. The first-order valence-corrected chi connectivity index (χ1v) is 8.82. The zero-order valence-electron chi connectivity index (χ0n) is 14.9. The highest BCUT2D eigenvalue weighted by atomic mass is 16.5. The third-order valence-electron chi connectivity index (χ3n) is 4.65. The van der Waals surface area contributed by atoms with Crippen LogP contribution >= 0.6 is 0 Å². The van der Waals surface area contributed by atoms with E-state index in [0.29, 0.717) is 32.5 Å². The topological polar surface area (TPSA) is 87.3 Å². The van der Waals surface area contributed by atoms with Gasteiger partial charge >= 0.3 is 0 Å². The van der Waals surface area contributed by atoms with E-state index in [9.17, 15) is 9.59 Å². The number of benzene rings is 1. The van der Waals surface area contributed by atoms with Crippen molar-refractivity contribution in [2.45, 2.75) is 25.8 Å². The fourth-order valence-corrected chi connectivity index (χ4v) is 3.16. The van der Waals surface area contributed by atoms with E-state index < -0.39 is 0 Å². The number of nitrogens with zero attached hydrogens (tertiary/aromatic N) is 2. The Bertz CT molecular complexity index is 745. The summed E-state index contributed by atoms with van der Waals surface area (Å²) in [5.74, 6) is 0.704. The number of amides is 2. The second kappa shape index (κ2) is 8.51. The van der Waals surface area contributed by atoms with Crippen LogP contribution in [-0.2, 0) is 22.6 Å². The lowest BCUT2D eigenvalue weighted by molar-refractivity contribution is -0.138.